The maximum absolute atomic E-state index is 5.36. The molecule has 1 aliphatic rings. The molecule has 1 aromatic carbocycles. The number of guanidine groups is 1. The molecule has 0 unspecified atom stereocenters. The number of aliphatic imine (C=N–C) groups is 1. The Morgan fingerprint density at radius 1 is 1.17 bits per heavy atom. The van der Waals surface area contributed by atoms with Crippen molar-refractivity contribution in [1.82, 2.24) is 10.2 Å². The summed E-state index contributed by atoms with van der Waals surface area (Å²) in [5, 5.41) is 3.45. The third kappa shape index (κ3) is 3.09. The molecule has 0 saturated carbocycles. The molecule has 1 aliphatic heterocycles. The molecule has 1 aromatic rings. The first-order chi connectivity index (χ1) is 10.8. The molecule has 1 fully saturated rings. The van der Waals surface area contributed by atoms with Crippen molar-refractivity contribution in [2.75, 3.05) is 27.8 Å². The molecule has 5 nitrogen and oxygen atoms in total. The number of nitrogens with zero attached hydrogens (tertiary/aromatic N) is 2. The van der Waals surface area contributed by atoms with Gasteiger partial charge in [0, 0.05) is 31.1 Å². The monoisotopic (exact) mass is 319 g/mol. The van der Waals surface area contributed by atoms with Crippen molar-refractivity contribution in [2.45, 2.75) is 39.8 Å². The summed E-state index contributed by atoms with van der Waals surface area (Å²) in [6.45, 7) is 10.8. The van der Waals surface area contributed by atoms with Gasteiger partial charge in [0.05, 0.1) is 14.2 Å². The Bertz CT molecular complexity index is 594. The zero-order chi connectivity index (χ0) is 17.3. The van der Waals surface area contributed by atoms with Gasteiger partial charge >= 0.3 is 0 Å². The lowest BCUT2D eigenvalue weighted by molar-refractivity contribution is -0.0667. The SMILES string of the molecule is CN=C(NCc1ccc(OC)c(OC)c1)N1CC(C)(C)C1(C)C. The van der Waals surface area contributed by atoms with Crippen molar-refractivity contribution in [3.63, 3.8) is 0 Å². The van der Waals surface area contributed by atoms with Crippen LogP contribution in [0.1, 0.15) is 33.3 Å². The van der Waals surface area contributed by atoms with Gasteiger partial charge in [0.15, 0.2) is 17.5 Å². The quantitative estimate of drug-likeness (QED) is 0.685. The van der Waals surface area contributed by atoms with Gasteiger partial charge in [-0.05, 0) is 31.5 Å². The molecule has 0 radical (unpaired) electrons. The van der Waals surface area contributed by atoms with Gasteiger partial charge in [-0.3, -0.25) is 4.99 Å². The molecule has 1 saturated heterocycles. The Morgan fingerprint density at radius 3 is 2.30 bits per heavy atom. The lowest BCUT2D eigenvalue weighted by Gasteiger charge is -2.62. The highest BCUT2D eigenvalue weighted by molar-refractivity contribution is 5.82. The highest BCUT2D eigenvalue weighted by Gasteiger charge is 2.53. The van der Waals surface area contributed by atoms with E-state index < -0.39 is 0 Å². The van der Waals surface area contributed by atoms with Crippen LogP contribution in [0.5, 0.6) is 11.5 Å². The number of hydrogen-bond acceptors (Lipinski definition) is 3. The van der Waals surface area contributed by atoms with E-state index in [1.54, 1.807) is 14.2 Å². The van der Waals surface area contributed by atoms with Crippen LogP contribution < -0.4 is 14.8 Å². The Labute approximate surface area is 139 Å². The zero-order valence-corrected chi connectivity index (χ0v) is 15.4. The predicted molar refractivity (Wildman–Crippen MR) is 94.3 cm³/mol. The standard InChI is InChI=1S/C18H29N3O2/c1-17(2)12-21(18(17,3)4)16(19-5)20-11-13-8-9-14(22-6)15(10-13)23-7/h8-10H,11-12H2,1-7H3,(H,19,20). The van der Waals surface area contributed by atoms with E-state index >= 15 is 0 Å². The second-order valence-electron chi connectivity index (χ2n) is 7.12. The molecular weight excluding hydrogens is 290 g/mol. The lowest BCUT2D eigenvalue weighted by atomic mass is 9.65. The number of likely N-dealkylation sites (tertiary alicyclic amines) is 1. The summed E-state index contributed by atoms with van der Waals surface area (Å²) >= 11 is 0. The molecule has 0 atom stereocenters. The molecule has 5 heteroatoms. The Kier molecular flexibility index (Phi) is 4.78. The van der Waals surface area contributed by atoms with Crippen LogP contribution in [0.25, 0.3) is 0 Å². The van der Waals surface area contributed by atoms with Crippen LogP contribution in [-0.4, -0.2) is 44.2 Å². The lowest BCUT2D eigenvalue weighted by Crippen LogP contribution is -2.72. The number of methoxy groups -OCH3 is 2. The fourth-order valence-electron chi connectivity index (χ4n) is 2.87. The fourth-order valence-corrected chi connectivity index (χ4v) is 2.87. The summed E-state index contributed by atoms with van der Waals surface area (Å²) in [6, 6.07) is 5.95. The van der Waals surface area contributed by atoms with Crippen molar-refractivity contribution in [2.24, 2.45) is 10.4 Å². The molecule has 0 bridgehead atoms. The van der Waals surface area contributed by atoms with E-state index in [0.717, 1.165) is 29.6 Å². The summed E-state index contributed by atoms with van der Waals surface area (Å²) in [5.41, 5.74) is 1.50. The van der Waals surface area contributed by atoms with E-state index in [-0.39, 0.29) is 11.0 Å². The number of nitrogens with one attached hydrogen (secondary N) is 1. The van der Waals surface area contributed by atoms with Crippen LogP contribution in [0.3, 0.4) is 0 Å². The van der Waals surface area contributed by atoms with Crippen LogP contribution in [0.4, 0.5) is 0 Å². The van der Waals surface area contributed by atoms with Gasteiger partial charge in [0.1, 0.15) is 0 Å². The highest BCUT2D eigenvalue weighted by Crippen LogP contribution is 2.46. The number of benzene rings is 1. The van der Waals surface area contributed by atoms with Gasteiger partial charge in [-0.1, -0.05) is 19.9 Å². The van der Waals surface area contributed by atoms with Gasteiger partial charge in [-0.2, -0.15) is 0 Å². The largest absolute Gasteiger partial charge is 0.493 e. The summed E-state index contributed by atoms with van der Waals surface area (Å²) < 4.78 is 10.6. The minimum absolute atomic E-state index is 0.0897. The third-order valence-corrected chi connectivity index (χ3v) is 5.25. The first-order valence-corrected chi connectivity index (χ1v) is 7.96. The molecule has 1 N–H and O–H groups in total. The number of rotatable bonds is 4. The van der Waals surface area contributed by atoms with Crippen molar-refractivity contribution in [1.29, 1.82) is 0 Å². The van der Waals surface area contributed by atoms with E-state index in [1.165, 1.54) is 0 Å². The Hall–Kier alpha value is -1.91. The van der Waals surface area contributed by atoms with Gasteiger partial charge in [-0.25, -0.2) is 0 Å². The molecule has 0 amide bonds. The zero-order valence-electron chi connectivity index (χ0n) is 15.4. The smallest absolute Gasteiger partial charge is 0.194 e. The van der Waals surface area contributed by atoms with Crippen molar-refractivity contribution in [3.05, 3.63) is 23.8 Å². The second kappa shape index (κ2) is 6.30. The van der Waals surface area contributed by atoms with Crippen molar-refractivity contribution in [3.8, 4) is 11.5 Å². The van der Waals surface area contributed by atoms with Gasteiger partial charge in [-0.15, -0.1) is 0 Å². The van der Waals surface area contributed by atoms with Crippen LogP contribution in [0.2, 0.25) is 0 Å². The first-order valence-electron chi connectivity index (χ1n) is 7.96. The summed E-state index contributed by atoms with van der Waals surface area (Å²) in [6.07, 6.45) is 0. The van der Waals surface area contributed by atoms with E-state index in [9.17, 15) is 0 Å². The van der Waals surface area contributed by atoms with Crippen LogP contribution >= 0.6 is 0 Å². The van der Waals surface area contributed by atoms with E-state index in [1.807, 2.05) is 25.2 Å². The van der Waals surface area contributed by atoms with Gasteiger partial charge in [0.25, 0.3) is 0 Å². The minimum atomic E-state index is 0.0897. The van der Waals surface area contributed by atoms with Gasteiger partial charge in [0.2, 0.25) is 0 Å². The maximum atomic E-state index is 5.36. The second-order valence-corrected chi connectivity index (χ2v) is 7.12. The molecule has 128 valence electrons. The topological polar surface area (TPSA) is 46.1 Å². The van der Waals surface area contributed by atoms with Crippen LogP contribution in [-0.2, 0) is 6.54 Å². The minimum Gasteiger partial charge on any atom is -0.493 e. The first kappa shape index (κ1) is 17.4. The highest BCUT2D eigenvalue weighted by atomic mass is 16.5. The maximum Gasteiger partial charge on any atom is 0.194 e. The normalized spacial score (nSPS) is 19.1. The van der Waals surface area contributed by atoms with E-state index in [4.69, 9.17) is 9.47 Å². The average Bonchev–Trinajstić information content (AvgIpc) is 2.53. The van der Waals surface area contributed by atoms with Gasteiger partial charge < -0.3 is 19.7 Å². The average molecular weight is 319 g/mol. The molecule has 0 spiro atoms. The van der Waals surface area contributed by atoms with E-state index in [2.05, 4.69) is 42.9 Å². The fraction of sp³-hybridized carbons (Fsp3) is 0.611. The molecular formula is C18H29N3O2. The Morgan fingerprint density at radius 2 is 1.83 bits per heavy atom. The molecule has 1 heterocycles. The summed E-state index contributed by atoms with van der Waals surface area (Å²) in [7, 11) is 5.13. The predicted octanol–water partition coefficient (Wildman–Crippen LogP) is 2.90. The van der Waals surface area contributed by atoms with Crippen molar-refractivity contribution >= 4 is 5.96 Å². The summed E-state index contributed by atoms with van der Waals surface area (Å²) in [4.78, 5) is 6.77. The third-order valence-electron chi connectivity index (χ3n) is 5.25. The number of ether oxygens (including phenoxy) is 2. The molecule has 0 aromatic heterocycles. The van der Waals surface area contributed by atoms with Crippen LogP contribution in [0, 0.1) is 5.41 Å². The number of hydrogen-bond donors (Lipinski definition) is 1. The Balaban J connectivity index is 2.05. The van der Waals surface area contributed by atoms with Crippen molar-refractivity contribution < 1.29 is 9.47 Å². The van der Waals surface area contributed by atoms with E-state index in [0.29, 0.717) is 6.54 Å². The molecule has 0 aliphatic carbocycles. The molecule has 23 heavy (non-hydrogen) atoms. The summed E-state index contributed by atoms with van der Waals surface area (Å²) in [5.74, 6) is 2.42. The van der Waals surface area contributed by atoms with Crippen LogP contribution in [0.15, 0.2) is 23.2 Å². The molecule has 2 rings (SSSR count).